The normalized spacial score (nSPS) is 15.4. The lowest BCUT2D eigenvalue weighted by Crippen LogP contribution is -2.50. The number of hydrogen-bond acceptors (Lipinski definition) is 5. The number of likely N-dealkylation sites (tertiary alicyclic amines) is 1. The molecular formula is C20H25FN4O4. The van der Waals surface area contributed by atoms with Crippen molar-refractivity contribution in [2.24, 2.45) is 5.92 Å². The second-order valence-corrected chi connectivity index (χ2v) is 7.78. The molecule has 1 aromatic carbocycles. The van der Waals surface area contributed by atoms with E-state index in [1.54, 1.807) is 30.9 Å². The van der Waals surface area contributed by atoms with E-state index >= 15 is 0 Å². The fourth-order valence-electron chi connectivity index (χ4n) is 3.73. The Hall–Kier alpha value is -2.97. The van der Waals surface area contributed by atoms with E-state index in [0.29, 0.717) is 38.2 Å². The molecule has 9 heteroatoms. The van der Waals surface area contributed by atoms with Crippen LogP contribution in [0.3, 0.4) is 0 Å². The summed E-state index contributed by atoms with van der Waals surface area (Å²) in [6, 6.07) is 6.06. The average Bonchev–Trinajstić information content (AvgIpc) is 3.01. The molecular weight excluding hydrogens is 379 g/mol. The number of para-hydroxylation sites is 1. The number of ether oxygens (including phenoxy) is 1. The summed E-state index contributed by atoms with van der Waals surface area (Å²) in [5.74, 6) is -0.566. The van der Waals surface area contributed by atoms with E-state index in [0.717, 1.165) is 0 Å². The van der Waals surface area contributed by atoms with Crippen molar-refractivity contribution < 1.29 is 18.7 Å². The van der Waals surface area contributed by atoms with Gasteiger partial charge in [0.05, 0.1) is 5.69 Å². The molecule has 29 heavy (non-hydrogen) atoms. The number of halogens is 1. The highest BCUT2D eigenvalue weighted by Gasteiger charge is 2.36. The van der Waals surface area contributed by atoms with Crippen molar-refractivity contribution in [1.29, 1.82) is 0 Å². The summed E-state index contributed by atoms with van der Waals surface area (Å²) in [6.07, 6.45) is 1.91. The number of nitrogens with zero attached hydrogens (tertiary/aromatic N) is 3. The standard InChI is InChI=1S/C20H25FN4O4/c1-13(26)29-20(2,3)18(27)24-10-8-14(9-11-24)12-17-22-23-19(28)25(17)16-7-5-4-6-15(16)21/h4-7,14H,8-12H2,1-3H3,(H,23,28). The number of rotatable bonds is 5. The third-order valence-corrected chi connectivity index (χ3v) is 5.12. The van der Waals surface area contributed by atoms with E-state index in [-0.39, 0.29) is 17.5 Å². The Bertz CT molecular complexity index is 957. The highest BCUT2D eigenvalue weighted by Crippen LogP contribution is 2.25. The molecule has 1 saturated heterocycles. The van der Waals surface area contributed by atoms with Gasteiger partial charge >= 0.3 is 11.7 Å². The summed E-state index contributed by atoms with van der Waals surface area (Å²) in [5.41, 5.74) is -1.52. The predicted octanol–water partition coefficient (Wildman–Crippen LogP) is 1.82. The lowest BCUT2D eigenvalue weighted by Gasteiger charge is -2.36. The van der Waals surface area contributed by atoms with Crippen LogP contribution in [-0.4, -0.2) is 50.2 Å². The number of benzene rings is 1. The molecule has 2 aromatic rings. The number of piperidine rings is 1. The van der Waals surface area contributed by atoms with Crippen LogP contribution in [0.15, 0.2) is 29.1 Å². The highest BCUT2D eigenvalue weighted by molar-refractivity contribution is 5.86. The summed E-state index contributed by atoms with van der Waals surface area (Å²) < 4.78 is 20.5. The van der Waals surface area contributed by atoms with Crippen LogP contribution in [0.4, 0.5) is 4.39 Å². The van der Waals surface area contributed by atoms with Gasteiger partial charge in [0.15, 0.2) is 5.60 Å². The summed E-state index contributed by atoms with van der Waals surface area (Å²) in [6.45, 7) is 5.48. The zero-order valence-electron chi connectivity index (χ0n) is 16.8. The zero-order chi connectivity index (χ0) is 21.2. The Kier molecular flexibility index (Phi) is 5.86. The van der Waals surface area contributed by atoms with Crippen LogP contribution in [0.2, 0.25) is 0 Å². The number of aromatic amines is 1. The van der Waals surface area contributed by atoms with Crippen LogP contribution >= 0.6 is 0 Å². The van der Waals surface area contributed by atoms with Crippen molar-refractivity contribution in [1.82, 2.24) is 19.7 Å². The Morgan fingerprint density at radius 3 is 2.55 bits per heavy atom. The first-order valence-electron chi connectivity index (χ1n) is 9.59. The maximum Gasteiger partial charge on any atom is 0.348 e. The molecule has 0 saturated carbocycles. The number of aromatic nitrogens is 3. The minimum Gasteiger partial charge on any atom is -0.450 e. The molecule has 1 fully saturated rings. The van der Waals surface area contributed by atoms with Gasteiger partial charge in [-0.1, -0.05) is 12.1 Å². The quantitative estimate of drug-likeness (QED) is 0.767. The third kappa shape index (κ3) is 4.55. The van der Waals surface area contributed by atoms with Gasteiger partial charge in [-0.05, 0) is 44.7 Å². The maximum absolute atomic E-state index is 14.2. The Balaban J connectivity index is 1.67. The van der Waals surface area contributed by atoms with Gasteiger partial charge in [0.1, 0.15) is 11.6 Å². The van der Waals surface area contributed by atoms with Gasteiger partial charge in [-0.3, -0.25) is 9.59 Å². The molecule has 0 bridgehead atoms. The zero-order valence-corrected chi connectivity index (χ0v) is 16.8. The van der Waals surface area contributed by atoms with E-state index in [4.69, 9.17) is 4.74 Å². The van der Waals surface area contributed by atoms with Gasteiger partial charge in [-0.25, -0.2) is 18.9 Å². The van der Waals surface area contributed by atoms with Crippen LogP contribution in [0.5, 0.6) is 0 Å². The second kappa shape index (κ2) is 8.18. The van der Waals surface area contributed by atoms with E-state index in [1.165, 1.54) is 23.6 Å². The Labute approximate surface area is 167 Å². The van der Waals surface area contributed by atoms with Crippen molar-refractivity contribution in [3.63, 3.8) is 0 Å². The third-order valence-electron chi connectivity index (χ3n) is 5.12. The lowest BCUT2D eigenvalue weighted by atomic mass is 9.92. The number of carbonyl (C=O) groups is 2. The summed E-state index contributed by atoms with van der Waals surface area (Å²) in [4.78, 5) is 37.7. The highest BCUT2D eigenvalue weighted by atomic mass is 19.1. The van der Waals surface area contributed by atoms with E-state index in [9.17, 15) is 18.8 Å². The average molecular weight is 404 g/mol. The molecule has 1 aliphatic rings. The number of H-pyrrole nitrogens is 1. The van der Waals surface area contributed by atoms with Crippen LogP contribution in [0.25, 0.3) is 5.69 Å². The molecule has 1 aromatic heterocycles. The molecule has 0 aliphatic carbocycles. The van der Waals surface area contributed by atoms with Gasteiger partial charge in [-0.15, -0.1) is 0 Å². The van der Waals surface area contributed by atoms with Gasteiger partial charge < -0.3 is 9.64 Å². The number of esters is 1. The van der Waals surface area contributed by atoms with Crippen LogP contribution in [0.1, 0.15) is 39.4 Å². The maximum atomic E-state index is 14.2. The van der Waals surface area contributed by atoms with Crippen LogP contribution < -0.4 is 5.69 Å². The fraction of sp³-hybridized carbons (Fsp3) is 0.500. The van der Waals surface area contributed by atoms with Crippen molar-refractivity contribution in [2.75, 3.05) is 13.1 Å². The largest absolute Gasteiger partial charge is 0.450 e. The first kappa shape index (κ1) is 20.8. The molecule has 2 heterocycles. The molecule has 0 unspecified atom stereocenters. The molecule has 1 N–H and O–H groups in total. The lowest BCUT2D eigenvalue weighted by molar-refractivity contribution is -0.169. The SMILES string of the molecule is CC(=O)OC(C)(C)C(=O)N1CCC(Cc2n[nH]c(=O)n2-c2ccccc2F)CC1. The molecule has 3 rings (SSSR count). The minimum atomic E-state index is -1.20. The van der Waals surface area contributed by atoms with E-state index in [1.807, 2.05) is 0 Å². The number of nitrogens with one attached hydrogen (secondary N) is 1. The molecule has 0 radical (unpaired) electrons. The molecule has 1 aliphatic heterocycles. The Morgan fingerprint density at radius 1 is 1.28 bits per heavy atom. The second-order valence-electron chi connectivity index (χ2n) is 7.78. The van der Waals surface area contributed by atoms with Gasteiger partial charge in [0.25, 0.3) is 5.91 Å². The first-order valence-corrected chi connectivity index (χ1v) is 9.59. The topological polar surface area (TPSA) is 97.3 Å². The first-order chi connectivity index (χ1) is 13.7. The summed E-state index contributed by atoms with van der Waals surface area (Å²) >= 11 is 0. The van der Waals surface area contributed by atoms with E-state index < -0.39 is 23.1 Å². The van der Waals surface area contributed by atoms with Gasteiger partial charge in [0, 0.05) is 26.4 Å². The molecule has 8 nitrogen and oxygen atoms in total. The number of amides is 1. The number of hydrogen-bond donors (Lipinski definition) is 1. The predicted molar refractivity (Wildman–Crippen MR) is 103 cm³/mol. The van der Waals surface area contributed by atoms with E-state index in [2.05, 4.69) is 10.2 Å². The molecule has 0 atom stereocenters. The minimum absolute atomic E-state index is 0.164. The van der Waals surface area contributed by atoms with Crippen molar-refractivity contribution in [3.8, 4) is 5.69 Å². The fourth-order valence-corrected chi connectivity index (χ4v) is 3.73. The van der Waals surface area contributed by atoms with Crippen molar-refractivity contribution >= 4 is 11.9 Å². The monoisotopic (exact) mass is 404 g/mol. The summed E-state index contributed by atoms with van der Waals surface area (Å²) in [7, 11) is 0. The van der Waals surface area contributed by atoms with Crippen LogP contribution in [0, 0.1) is 11.7 Å². The van der Waals surface area contributed by atoms with Crippen molar-refractivity contribution in [3.05, 3.63) is 46.4 Å². The summed E-state index contributed by atoms with van der Waals surface area (Å²) in [5, 5.41) is 6.47. The Morgan fingerprint density at radius 2 is 1.93 bits per heavy atom. The molecule has 156 valence electrons. The molecule has 0 spiro atoms. The van der Waals surface area contributed by atoms with Crippen LogP contribution in [-0.2, 0) is 20.7 Å². The van der Waals surface area contributed by atoms with Gasteiger partial charge in [-0.2, -0.15) is 5.10 Å². The smallest absolute Gasteiger partial charge is 0.348 e. The number of carbonyl (C=O) groups excluding carboxylic acids is 2. The van der Waals surface area contributed by atoms with Gasteiger partial charge in [0.2, 0.25) is 0 Å². The molecule has 1 amide bonds. The van der Waals surface area contributed by atoms with Crippen molar-refractivity contribution in [2.45, 2.75) is 45.6 Å².